The first kappa shape index (κ1) is 22.5. The molecular weight excluding hydrogens is 203 g/mol. The summed E-state index contributed by atoms with van der Waals surface area (Å²) in [5, 5.41) is 23.5. The molecule has 0 spiro atoms. The highest BCUT2D eigenvalue weighted by atomic mass is 19.4. The summed E-state index contributed by atoms with van der Waals surface area (Å²) < 4.78 is 31.5. The van der Waals surface area contributed by atoms with E-state index >= 15 is 0 Å². The second-order valence-corrected chi connectivity index (χ2v) is 1.01. The van der Waals surface area contributed by atoms with Crippen molar-refractivity contribution in [2.75, 3.05) is 0 Å². The van der Waals surface area contributed by atoms with Gasteiger partial charge in [-0.25, -0.2) is 0 Å². The number of alkyl halides is 3. The lowest BCUT2D eigenvalue weighted by Crippen LogP contribution is -2.37. The van der Waals surface area contributed by atoms with Crippen LogP contribution < -0.4 is 17.4 Å². The summed E-state index contributed by atoms with van der Waals surface area (Å²) in [6, 6.07) is 0. The third kappa shape index (κ3) is 38.0. The summed E-state index contributed by atoms with van der Waals surface area (Å²) >= 11 is 0. The molecule has 8 nitrogen and oxygen atoms in total. The van der Waals surface area contributed by atoms with Gasteiger partial charge in [-0.15, -0.1) is 0 Å². The fourth-order valence-corrected chi connectivity index (χ4v) is 0. The van der Waals surface area contributed by atoms with Gasteiger partial charge in [0, 0.05) is 0 Å². The number of carboxylic acid groups (broad SMARTS) is 1. The van der Waals surface area contributed by atoms with Crippen molar-refractivity contribution < 1.29 is 28.2 Å². The minimum Gasteiger partial charge on any atom is -0.542 e. The van der Waals surface area contributed by atoms with Gasteiger partial charge in [0.05, 0.1) is 5.09 Å². The quantitative estimate of drug-likeness (QED) is 0.415. The van der Waals surface area contributed by atoms with Gasteiger partial charge in [0.25, 0.3) is 0 Å². The summed E-state index contributed by atoms with van der Waals surface area (Å²) in [5.74, 6) is -3.01. The predicted molar refractivity (Wildman–Crippen MR) is 33.4 cm³/mol. The number of halogens is 3. The molecule has 13 heavy (non-hydrogen) atoms. The zero-order chi connectivity index (χ0) is 9.65. The first-order valence-electron chi connectivity index (χ1n) is 1.77. The van der Waals surface area contributed by atoms with Crippen LogP contribution in [-0.2, 0) is 4.79 Å². The summed E-state index contributed by atoms with van der Waals surface area (Å²) in [4.78, 5) is 17.0. The summed E-state index contributed by atoms with van der Waals surface area (Å²) in [7, 11) is 0. The largest absolute Gasteiger partial charge is 0.542 e. The number of quaternary nitrogens is 2. The molecule has 0 heterocycles. The lowest BCUT2D eigenvalue weighted by molar-refractivity contribution is -0.402. The smallest absolute Gasteiger partial charge is 0.430 e. The van der Waals surface area contributed by atoms with E-state index in [1.165, 1.54) is 0 Å². The molecule has 0 amide bonds. The van der Waals surface area contributed by atoms with Crippen LogP contribution in [0.5, 0.6) is 0 Å². The van der Waals surface area contributed by atoms with E-state index in [-0.39, 0.29) is 12.3 Å². The Morgan fingerprint density at radius 3 is 1.23 bits per heavy atom. The predicted octanol–water partition coefficient (Wildman–Crippen LogP) is -0.188. The normalized spacial score (nSPS) is 7.92. The monoisotopic (exact) mass is 211 g/mol. The topological polar surface area (TPSA) is 179 Å². The first-order valence-corrected chi connectivity index (χ1v) is 1.77. The van der Waals surface area contributed by atoms with E-state index in [4.69, 9.17) is 25.2 Å². The molecular formula is C2H8F3N3O5. The fraction of sp³-hybridized carbons (Fsp3) is 0.500. The average molecular weight is 211 g/mol. The van der Waals surface area contributed by atoms with Gasteiger partial charge < -0.3 is 37.5 Å². The van der Waals surface area contributed by atoms with E-state index < -0.39 is 17.2 Å². The van der Waals surface area contributed by atoms with Gasteiger partial charge >= 0.3 is 6.18 Å². The van der Waals surface area contributed by atoms with Crippen LogP contribution in [0.15, 0.2) is 0 Å². The van der Waals surface area contributed by atoms with Crippen molar-refractivity contribution in [1.82, 2.24) is 12.3 Å². The highest BCUT2D eigenvalue weighted by Gasteiger charge is 2.28. The highest BCUT2D eigenvalue weighted by molar-refractivity contribution is 5.70. The Morgan fingerprint density at radius 2 is 1.23 bits per heavy atom. The summed E-state index contributed by atoms with van der Waals surface area (Å²) in [6.45, 7) is 0. The minimum absolute atomic E-state index is 0. The van der Waals surface area contributed by atoms with Gasteiger partial charge in [0.1, 0.15) is 5.97 Å². The molecule has 0 bridgehead atoms. The molecule has 0 saturated carbocycles. The van der Waals surface area contributed by atoms with Crippen LogP contribution in [0.25, 0.3) is 0 Å². The average Bonchev–Trinajstić information content (AvgIpc) is 1.59. The van der Waals surface area contributed by atoms with Gasteiger partial charge in [-0.1, -0.05) is 0 Å². The van der Waals surface area contributed by atoms with Crippen LogP contribution in [0.3, 0.4) is 0 Å². The van der Waals surface area contributed by atoms with E-state index in [0.29, 0.717) is 0 Å². The van der Waals surface area contributed by atoms with Crippen molar-refractivity contribution in [3.8, 4) is 0 Å². The number of carbonyl (C=O) groups is 1. The lowest BCUT2D eigenvalue weighted by Gasteiger charge is -2.03. The van der Waals surface area contributed by atoms with Gasteiger partial charge in [-0.2, -0.15) is 13.2 Å². The van der Waals surface area contributed by atoms with Crippen LogP contribution in [0.1, 0.15) is 0 Å². The van der Waals surface area contributed by atoms with E-state index in [1.807, 2.05) is 0 Å². The lowest BCUT2D eigenvalue weighted by atomic mass is 10.7. The number of hydrogen-bond acceptors (Lipinski definition) is 5. The van der Waals surface area contributed by atoms with Crippen molar-refractivity contribution >= 4 is 5.97 Å². The van der Waals surface area contributed by atoms with Gasteiger partial charge in [-0.3, -0.25) is 0 Å². The van der Waals surface area contributed by atoms with Crippen molar-refractivity contribution in [2.45, 2.75) is 6.18 Å². The molecule has 0 fully saturated rings. The number of carbonyl (C=O) groups excluding carboxylic acids is 1. The number of hydrogen-bond donors (Lipinski definition) is 2. The Bertz CT molecular complexity index is 154. The molecule has 0 unspecified atom stereocenters. The number of rotatable bonds is 0. The van der Waals surface area contributed by atoms with Crippen LogP contribution in [0, 0.1) is 15.3 Å². The zero-order valence-corrected chi connectivity index (χ0v) is 6.62. The molecule has 8 N–H and O–H groups in total. The zero-order valence-electron chi connectivity index (χ0n) is 6.62. The molecule has 0 aromatic carbocycles. The molecule has 0 saturated heterocycles. The molecule has 0 aliphatic heterocycles. The Kier molecular flexibility index (Phi) is 14.7. The van der Waals surface area contributed by atoms with Gasteiger partial charge in [-0.05, 0) is 0 Å². The number of carboxylic acids is 1. The van der Waals surface area contributed by atoms with Crippen LogP contribution in [-0.4, -0.2) is 17.2 Å². The number of aliphatic carboxylic acids is 1. The van der Waals surface area contributed by atoms with Gasteiger partial charge in [0.15, 0.2) is 0 Å². The summed E-state index contributed by atoms with van der Waals surface area (Å²) in [5.41, 5.74) is 0. The van der Waals surface area contributed by atoms with E-state index in [9.17, 15) is 13.2 Å². The van der Waals surface area contributed by atoms with Crippen LogP contribution in [0.4, 0.5) is 13.2 Å². The third-order valence-electron chi connectivity index (χ3n) is 0.231. The van der Waals surface area contributed by atoms with Crippen molar-refractivity contribution in [2.24, 2.45) is 0 Å². The fourth-order valence-electron chi connectivity index (χ4n) is 0. The van der Waals surface area contributed by atoms with Crippen molar-refractivity contribution in [1.29, 1.82) is 0 Å². The molecule has 0 atom stereocenters. The van der Waals surface area contributed by atoms with E-state index in [1.54, 1.807) is 0 Å². The number of nitrogens with zero attached hydrogens (tertiary/aromatic N) is 1. The molecule has 0 aromatic rings. The van der Waals surface area contributed by atoms with Crippen molar-refractivity contribution in [3.05, 3.63) is 15.3 Å². The molecule has 0 aliphatic rings. The Hall–Kier alpha value is -1.62. The molecule has 11 heteroatoms. The minimum atomic E-state index is -5.19. The molecule has 0 aromatic heterocycles. The Labute approximate surface area is 69.2 Å². The molecule has 0 rings (SSSR count). The maximum absolute atomic E-state index is 10.5. The first-order chi connectivity index (χ1) is 4.68. The van der Waals surface area contributed by atoms with Crippen LogP contribution >= 0.6 is 0 Å². The second kappa shape index (κ2) is 8.48. The summed E-state index contributed by atoms with van der Waals surface area (Å²) in [6.07, 6.45) is -5.19. The SMILES string of the molecule is O=C([O-])C(F)(F)F.O=[N+]([O-])[O-].[NH4+].[NH4+]. The highest BCUT2D eigenvalue weighted by Crippen LogP contribution is 2.11. The molecule has 0 aliphatic carbocycles. The van der Waals surface area contributed by atoms with Crippen molar-refractivity contribution in [3.63, 3.8) is 0 Å². The Balaban J connectivity index is -0.0000000600. The van der Waals surface area contributed by atoms with Gasteiger partial charge in [0.2, 0.25) is 0 Å². The van der Waals surface area contributed by atoms with Crippen LogP contribution in [0.2, 0.25) is 0 Å². The second-order valence-electron chi connectivity index (χ2n) is 1.01. The van der Waals surface area contributed by atoms with E-state index in [0.717, 1.165) is 0 Å². The maximum atomic E-state index is 10.5. The third-order valence-corrected chi connectivity index (χ3v) is 0.231. The van der Waals surface area contributed by atoms with E-state index in [2.05, 4.69) is 0 Å². The molecule has 82 valence electrons. The Morgan fingerprint density at radius 1 is 1.15 bits per heavy atom. The standard InChI is InChI=1S/C2HF3O2.NO3.2H3N/c3-2(4,5)1(6)7;2-1(3)4;;/h(H,6,7);;2*1H3/q;-1;;/p+1. The maximum Gasteiger partial charge on any atom is 0.430 e. The molecule has 0 radical (unpaired) electrons.